The van der Waals surface area contributed by atoms with E-state index in [0.717, 1.165) is 10.2 Å². The molecule has 176 valence electrons. The fourth-order valence-corrected chi connectivity index (χ4v) is 4.12. The van der Waals surface area contributed by atoms with Crippen LogP contribution in [0.3, 0.4) is 0 Å². The lowest BCUT2D eigenvalue weighted by Crippen LogP contribution is -2.34. The number of carbonyl (C=O) groups is 1. The van der Waals surface area contributed by atoms with E-state index >= 15 is 0 Å². The van der Waals surface area contributed by atoms with Gasteiger partial charge in [-0.2, -0.15) is 10.2 Å². The molecule has 3 heterocycles. The van der Waals surface area contributed by atoms with Crippen LogP contribution in [0.2, 0.25) is 5.02 Å². The van der Waals surface area contributed by atoms with Gasteiger partial charge in [0.1, 0.15) is 23.3 Å². The van der Waals surface area contributed by atoms with Crippen LogP contribution in [0.25, 0.3) is 22.4 Å². The third-order valence-corrected chi connectivity index (χ3v) is 5.73. The smallest absolute Gasteiger partial charge is 0.280 e. The monoisotopic (exact) mass is 490 g/mol. The molecular formula is C25H20ClFN6O2. The van der Waals surface area contributed by atoms with Gasteiger partial charge in [-0.3, -0.25) is 9.59 Å². The lowest BCUT2D eigenvalue weighted by Gasteiger charge is -2.10. The van der Waals surface area contributed by atoms with E-state index < -0.39 is 11.4 Å². The van der Waals surface area contributed by atoms with E-state index in [1.54, 1.807) is 54.2 Å². The summed E-state index contributed by atoms with van der Waals surface area (Å²) in [6.07, 6.45) is 3.53. The van der Waals surface area contributed by atoms with E-state index in [1.165, 1.54) is 16.8 Å². The number of carbonyl (C=O) groups excluding carboxylic acids is 1. The molecule has 0 saturated carbocycles. The summed E-state index contributed by atoms with van der Waals surface area (Å²) in [4.78, 5) is 26.2. The lowest BCUT2D eigenvalue weighted by molar-refractivity contribution is -0.122. The molecule has 0 spiro atoms. The fourth-order valence-electron chi connectivity index (χ4n) is 3.91. The van der Waals surface area contributed by atoms with E-state index in [2.05, 4.69) is 15.5 Å². The van der Waals surface area contributed by atoms with Gasteiger partial charge >= 0.3 is 0 Å². The number of fused-ring (bicyclic) bond motifs is 1. The van der Waals surface area contributed by atoms with Crippen LogP contribution in [0, 0.1) is 12.7 Å². The number of rotatable bonds is 6. The maximum absolute atomic E-state index is 14.0. The summed E-state index contributed by atoms with van der Waals surface area (Å²) in [6.45, 7) is 1.71. The predicted molar refractivity (Wildman–Crippen MR) is 130 cm³/mol. The second kappa shape index (κ2) is 9.19. The summed E-state index contributed by atoms with van der Waals surface area (Å²) < 4.78 is 18.3. The van der Waals surface area contributed by atoms with Gasteiger partial charge in [0, 0.05) is 24.0 Å². The molecule has 35 heavy (non-hydrogen) atoms. The molecule has 0 aliphatic heterocycles. The van der Waals surface area contributed by atoms with Crippen molar-refractivity contribution in [2.45, 2.75) is 20.0 Å². The molecule has 10 heteroatoms. The molecule has 0 fully saturated rings. The zero-order chi connectivity index (χ0) is 24.5. The highest BCUT2D eigenvalue weighted by atomic mass is 35.5. The zero-order valence-electron chi connectivity index (χ0n) is 18.7. The third kappa shape index (κ3) is 4.45. The SMILES string of the molecule is Cc1nn(CC(=O)NCc2cccc(Cl)c2)c(=O)c2c(-n3cccc3)n(-c3cccc(F)c3)nc12. The number of hydrogen-bond donors (Lipinski definition) is 1. The fraction of sp³-hybridized carbons (Fsp3) is 0.120. The Balaban J connectivity index is 1.56. The highest BCUT2D eigenvalue weighted by Gasteiger charge is 2.22. The van der Waals surface area contributed by atoms with Crippen LogP contribution < -0.4 is 10.9 Å². The Kier molecular flexibility index (Phi) is 5.92. The number of hydrogen-bond acceptors (Lipinski definition) is 4. The van der Waals surface area contributed by atoms with Crippen LogP contribution in [0.5, 0.6) is 0 Å². The average molecular weight is 491 g/mol. The Bertz CT molecular complexity index is 1610. The highest BCUT2D eigenvalue weighted by Crippen LogP contribution is 2.25. The average Bonchev–Trinajstić information content (AvgIpc) is 3.49. The number of nitrogens with zero attached hydrogens (tertiary/aromatic N) is 5. The second-order valence-corrected chi connectivity index (χ2v) is 8.42. The second-order valence-electron chi connectivity index (χ2n) is 7.98. The van der Waals surface area contributed by atoms with Gasteiger partial charge in [-0.15, -0.1) is 0 Å². The Hall–Kier alpha value is -4.24. The molecule has 0 saturated heterocycles. The van der Waals surface area contributed by atoms with Crippen molar-refractivity contribution >= 4 is 28.4 Å². The van der Waals surface area contributed by atoms with Gasteiger partial charge < -0.3 is 9.88 Å². The van der Waals surface area contributed by atoms with Crippen LogP contribution in [0.4, 0.5) is 4.39 Å². The topological polar surface area (TPSA) is 86.7 Å². The molecule has 5 aromatic rings. The highest BCUT2D eigenvalue weighted by molar-refractivity contribution is 6.30. The van der Waals surface area contributed by atoms with Crippen LogP contribution in [0.15, 0.2) is 77.9 Å². The van der Waals surface area contributed by atoms with Crippen LogP contribution in [-0.4, -0.2) is 30.0 Å². The van der Waals surface area contributed by atoms with Gasteiger partial charge in [-0.05, 0) is 55.0 Å². The predicted octanol–water partition coefficient (Wildman–Crippen LogP) is 3.79. The van der Waals surface area contributed by atoms with Crippen molar-refractivity contribution < 1.29 is 9.18 Å². The van der Waals surface area contributed by atoms with E-state index in [4.69, 9.17) is 11.6 Å². The van der Waals surface area contributed by atoms with Crippen molar-refractivity contribution in [2.24, 2.45) is 0 Å². The zero-order valence-corrected chi connectivity index (χ0v) is 19.4. The maximum atomic E-state index is 14.0. The van der Waals surface area contributed by atoms with Crippen LogP contribution in [0.1, 0.15) is 11.3 Å². The molecule has 0 atom stereocenters. The van der Waals surface area contributed by atoms with Gasteiger partial charge in [-0.25, -0.2) is 13.8 Å². The standard InChI is InChI=1S/C25H20ClFN6O2/c1-16-23-22(24(31-10-2-3-11-31)33(30-23)20-9-5-8-19(27)13-20)25(35)32(29-16)15-21(34)28-14-17-6-4-7-18(26)12-17/h2-13H,14-15H2,1H3,(H,28,34). The van der Waals surface area contributed by atoms with E-state index in [9.17, 15) is 14.0 Å². The maximum Gasteiger partial charge on any atom is 0.280 e. The summed E-state index contributed by atoms with van der Waals surface area (Å²) in [5.74, 6) is -0.373. The Morgan fingerprint density at radius 1 is 1.06 bits per heavy atom. The first-order chi connectivity index (χ1) is 16.9. The van der Waals surface area contributed by atoms with E-state index in [1.807, 2.05) is 18.2 Å². The van der Waals surface area contributed by atoms with Gasteiger partial charge in [0.15, 0.2) is 5.82 Å². The van der Waals surface area contributed by atoms with Gasteiger partial charge in [0.05, 0.1) is 11.4 Å². The number of benzene rings is 2. The van der Waals surface area contributed by atoms with E-state index in [-0.39, 0.29) is 24.4 Å². The first-order valence-electron chi connectivity index (χ1n) is 10.8. The summed E-state index contributed by atoms with van der Waals surface area (Å²) in [5, 5.41) is 12.5. The minimum absolute atomic E-state index is 0.265. The van der Waals surface area contributed by atoms with Crippen molar-refractivity contribution in [3.8, 4) is 11.5 Å². The number of nitrogens with one attached hydrogen (secondary N) is 1. The molecule has 1 N–H and O–H groups in total. The largest absolute Gasteiger partial charge is 0.350 e. The molecule has 0 unspecified atom stereocenters. The normalized spacial score (nSPS) is 11.2. The summed E-state index contributed by atoms with van der Waals surface area (Å²) in [7, 11) is 0. The van der Waals surface area contributed by atoms with Gasteiger partial charge in [-0.1, -0.05) is 29.8 Å². The van der Waals surface area contributed by atoms with E-state index in [0.29, 0.717) is 27.7 Å². The summed E-state index contributed by atoms with van der Waals surface area (Å²) in [5.41, 5.74) is 1.65. The summed E-state index contributed by atoms with van der Waals surface area (Å²) >= 11 is 6.00. The van der Waals surface area contributed by atoms with Crippen LogP contribution >= 0.6 is 11.6 Å². The van der Waals surface area contributed by atoms with Crippen molar-refractivity contribution in [1.29, 1.82) is 0 Å². The molecule has 8 nitrogen and oxygen atoms in total. The molecule has 0 radical (unpaired) electrons. The molecule has 0 aliphatic rings. The Labute approximate surface area is 204 Å². The van der Waals surface area contributed by atoms with Gasteiger partial charge in [0.2, 0.25) is 5.91 Å². The van der Waals surface area contributed by atoms with Crippen molar-refractivity contribution in [2.75, 3.05) is 0 Å². The Morgan fingerprint density at radius 2 is 1.83 bits per heavy atom. The van der Waals surface area contributed by atoms with Crippen molar-refractivity contribution in [1.82, 2.24) is 29.4 Å². The van der Waals surface area contributed by atoms with Gasteiger partial charge in [0.25, 0.3) is 5.56 Å². The quantitative estimate of drug-likeness (QED) is 0.392. The summed E-state index contributed by atoms with van der Waals surface area (Å²) in [6, 6.07) is 16.7. The molecule has 3 aromatic heterocycles. The minimum Gasteiger partial charge on any atom is -0.350 e. The molecular weight excluding hydrogens is 471 g/mol. The molecule has 5 rings (SSSR count). The molecule has 1 amide bonds. The third-order valence-electron chi connectivity index (χ3n) is 5.50. The van der Waals surface area contributed by atoms with Crippen LogP contribution in [-0.2, 0) is 17.9 Å². The number of amides is 1. The molecule has 0 aliphatic carbocycles. The number of aromatic nitrogens is 5. The lowest BCUT2D eigenvalue weighted by atomic mass is 10.2. The van der Waals surface area contributed by atoms with Crippen molar-refractivity contribution in [3.05, 3.63) is 106 Å². The number of aryl methyl sites for hydroxylation is 1. The molecule has 2 aromatic carbocycles. The first-order valence-corrected chi connectivity index (χ1v) is 11.2. The Morgan fingerprint density at radius 3 is 2.57 bits per heavy atom. The first kappa shape index (κ1) is 22.5. The number of halogens is 2. The molecule has 0 bridgehead atoms. The minimum atomic E-state index is -0.477. The van der Waals surface area contributed by atoms with Crippen molar-refractivity contribution in [3.63, 3.8) is 0 Å².